The van der Waals surface area contributed by atoms with Crippen LogP contribution in [-0.2, 0) is 9.59 Å². The van der Waals surface area contributed by atoms with Gasteiger partial charge < -0.3 is 10.2 Å². The Bertz CT molecular complexity index is 320. The van der Waals surface area contributed by atoms with E-state index in [9.17, 15) is 9.59 Å². The third kappa shape index (κ3) is 16.2. The number of carboxylic acid groups (broad SMARTS) is 2. The van der Waals surface area contributed by atoms with Crippen molar-refractivity contribution in [2.75, 3.05) is 0 Å². The van der Waals surface area contributed by atoms with Crippen LogP contribution in [0.25, 0.3) is 0 Å². The van der Waals surface area contributed by atoms with E-state index in [0.29, 0.717) is 9.50 Å². The van der Waals surface area contributed by atoms with Crippen molar-refractivity contribution in [3.05, 3.63) is 0 Å². The molecule has 0 radical (unpaired) electrons. The summed E-state index contributed by atoms with van der Waals surface area (Å²) in [7, 11) is 0. The molecule has 0 spiro atoms. The molecule has 23 heavy (non-hydrogen) atoms. The molecule has 0 aliphatic heterocycles. The van der Waals surface area contributed by atoms with Crippen molar-refractivity contribution in [2.45, 2.75) is 96.5 Å². The molecule has 2 N–H and O–H groups in total. The quantitative estimate of drug-likeness (QED) is 0.335. The molecule has 1 atom stereocenters. The molecule has 0 bridgehead atoms. The van der Waals surface area contributed by atoms with E-state index in [-0.39, 0.29) is 0 Å². The fourth-order valence-electron chi connectivity index (χ4n) is 2.03. The number of unbranched alkanes of at least 4 members (excludes halogenated alkanes) is 6. The second kappa shape index (κ2) is 12.9. The molecule has 0 fully saturated rings. The molecular weight excluding hydrogens is 287 g/mol. The van der Waals surface area contributed by atoms with E-state index < -0.39 is 18.4 Å². The van der Waals surface area contributed by atoms with E-state index in [4.69, 9.17) is 10.2 Å². The summed E-state index contributed by atoms with van der Waals surface area (Å²) in [5.41, 5.74) is 0.440. The van der Waals surface area contributed by atoms with Crippen molar-refractivity contribution >= 4 is 29.7 Å². The number of aliphatic carboxylic acids is 2. The van der Waals surface area contributed by atoms with Gasteiger partial charge in [0.25, 0.3) is 0 Å². The van der Waals surface area contributed by atoms with Gasteiger partial charge in [-0.3, -0.25) is 9.59 Å². The SMILES string of the molecule is O=C(O)CC(=O)O.[Li][C](C)(CCCCCCCCC)C(C)(C)C. The van der Waals surface area contributed by atoms with Crippen LogP contribution in [0.4, 0.5) is 0 Å². The monoisotopic (exact) mass is 322 g/mol. The van der Waals surface area contributed by atoms with Crippen LogP contribution in [0.3, 0.4) is 0 Å². The van der Waals surface area contributed by atoms with Crippen molar-refractivity contribution in [1.82, 2.24) is 0 Å². The number of carbonyl (C=O) groups is 2. The van der Waals surface area contributed by atoms with Gasteiger partial charge in [-0.25, -0.2) is 0 Å². The molecule has 132 valence electrons. The molecule has 0 aliphatic rings. The van der Waals surface area contributed by atoms with Crippen LogP contribution in [0.1, 0.15) is 92.4 Å². The first-order valence-corrected chi connectivity index (χ1v) is 8.87. The zero-order chi connectivity index (χ0) is 18.5. The van der Waals surface area contributed by atoms with Gasteiger partial charge in [-0.1, -0.05) is 0 Å². The van der Waals surface area contributed by atoms with E-state index in [2.05, 4.69) is 52.3 Å². The summed E-state index contributed by atoms with van der Waals surface area (Å²) >= 11 is 2.42. The number of carboxylic acids is 2. The Hall–Kier alpha value is -0.463. The predicted octanol–water partition coefficient (Wildman–Crippen LogP) is 5.07. The minimum atomic E-state index is -1.31. The van der Waals surface area contributed by atoms with Crippen molar-refractivity contribution in [1.29, 1.82) is 0 Å². The Morgan fingerprint density at radius 3 is 1.52 bits per heavy atom. The topological polar surface area (TPSA) is 74.6 Å². The molecular formula is C18H35LiO4. The third-order valence-corrected chi connectivity index (χ3v) is 4.74. The van der Waals surface area contributed by atoms with Gasteiger partial charge in [0.05, 0.1) is 0 Å². The Kier molecular flexibility index (Phi) is 13.9. The summed E-state index contributed by atoms with van der Waals surface area (Å²) in [5, 5.41) is 15.4. The van der Waals surface area contributed by atoms with E-state index in [1.807, 2.05) is 0 Å². The van der Waals surface area contributed by atoms with Gasteiger partial charge in [0.15, 0.2) is 0 Å². The maximum atomic E-state index is 9.43. The number of rotatable bonds is 10. The fraction of sp³-hybridized carbons (Fsp3) is 0.889. The van der Waals surface area contributed by atoms with Crippen LogP contribution < -0.4 is 0 Å². The Morgan fingerprint density at radius 1 is 0.826 bits per heavy atom. The molecule has 0 rings (SSSR count). The van der Waals surface area contributed by atoms with Gasteiger partial charge in [-0.15, -0.1) is 0 Å². The van der Waals surface area contributed by atoms with Crippen LogP contribution >= 0.6 is 0 Å². The summed E-state index contributed by atoms with van der Waals surface area (Å²) in [4.78, 5) is 18.9. The summed E-state index contributed by atoms with van der Waals surface area (Å²) in [6, 6.07) is 0. The second-order valence-corrected chi connectivity index (χ2v) is 7.97. The molecule has 5 heteroatoms. The van der Waals surface area contributed by atoms with Crippen molar-refractivity contribution < 1.29 is 19.8 Å². The third-order valence-electron chi connectivity index (χ3n) is 4.74. The summed E-state index contributed by atoms with van der Waals surface area (Å²) < 4.78 is 0.483. The summed E-state index contributed by atoms with van der Waals surface area (Å²) in [6.07, 6.45) is 10.5. The fourth-order valence-corrected chi connectivity index (χ4v) is 2.03. The standard InChI is InChI=1S/C15H31.C3H4O4.Li/c1-6-7-8-9-10-11-12-13-14(2)15(3,4)5;4-2(5)1-3(6)7;/h6-13H2,1-5H3;1H2,(H,4,5)(H,6,7);. The van der Waals surface area contributed by atoms with Crippen LogP contribution in [0.2, 0.25) is 4.09 Å². The maximum absolute atomic E-state index is 9.43. The number of hydrogen-bond acceptors (Lipinski definition) is 2. The molecule has 0 amide bonds. The van der Waals surface area contributed by atoms with E-state index in [0.717, 1.165) is 0 Å². The first-order chi connectivity index (χ1) is 10.4. The van der Waals surface area contributed by atoms with Crippen molar-refractivity contribution in [3.8, 4) is 0 Å². The van der Waals surface area contributed by atoms with Crippen molar-refractivity contribution in [2.24, 2.45) is 5.41 Å². The normalized spacial score (nSPS) is 13.7. The van der Waals surface area contributed by atoms with Gasteiger partial charge in [-0.2, -0.15) is 0 Å². The molecule has 1 unspecified atom stereocenters. The first-order valence-electron chi connectivity index (χ1n) is 8.87. The number of hydrogen-bond donors (Lipinski definition) is 2. The van der Waals surface area contributed by atoms with E-state index >= 15 is 0 Å². The summed E-state index contributed by atoms with van der Waals surface area (Å²) in [6.45, 7) is 11.8. The van der Waals surface area contributed by atoms with Gasteiger partial charge >= 0.3 is 125 Å². The van der Waals surface area contributed by atoms with Gasteiger partial charge in [0.1, 0.15) is 6.42 Å². The Balaban J connectivity index is 0. The second-order valence-electron chi connectivity index (χ2n) is 7.97. The Labute approximate surface area is 151 Å². The molecule has 0 aromatic carbocycles. The predicted molar refractivity (Wildman–Crippen MR) is 96.1 cm³/mol. The van der Waals surface area contributed by atoms with Crippen LogP contribution in [0.5, 0.6) is 0 Å². The van der Waals surface area contributed by atoms with Gasteiger partial charge in [0, 0.05) is 0 Å². The van der Waals surface area contributed by atoms with E-state index in [1.165, 1.54) is 51.4 Å². The van der Waals surface area contributed by atoms with Gasteiger partial charge in [0.2, 0.25) is 0 Å². The molecule has 0 saturated carbocycles. The van der Waals surface area contributed by atoms with E-state index in [1.54, 1.807) is 0 Å². The molecule has 4 nitrogen and oxygen atoms in total. The zero-order valence-corrected chi connectivity index (χ0v) is 16.1. The van der Waals surface area contributed by atoms with Crippen LogP contribution in [0.15, 0.2) is 0 Å². The first kappa shape index (κ1) is 24.8. The average molecular weight is 322 g/mol. The average Bonchev–Trinajstić information content (AvgIpc) is 2.35. The van der Waals surface area contributed by atoms with Crippen LogP contribution in [0, 0.1) is 5.41 Å². The van der Waals surface area contributed by atoms with Crippen LogP contribution in [-0.4, -0.2) is 39.9 Å². The van der Waals surface area contributed by atoms with Gasteiger partial charge in [-0.05, 0) is 0 Å². The van der Waals surface area contributed by atoms with Crippen molar-refractivity contribution in [3.63, 3.8) is 0 Å². The minimum absolute atomic E-state index is 0.440. The summed E-state index contributed by atoms with van der Waals surface area (Å²) in [5.74, 6) is -2.62. The molecule has 0 aromatic heterocycles. The molecule has 0 heterocycles. The molecule has 0 aromatic rings. The zero-order valence-electron chi connectivity index (χ0n) is 16.1. The molecule has 0 saturated heterocycles. The molecule has 0 aliphatic carbocycles. The Morgan fingerprint density at radius 2 is 1.22 bits per heavy atom.